The van der Waals surface area contributed by atoms with Gasteiger partial charge in [-0.15, -0.1) is 11.3 Å². The van der Waals surface area contributed by atoms with E-state index in [0.717, 1.165) is 22.3 Å². The number of carbonyl (C=O) groups excluding carboxylic acids is 1. The SMILES string of the molecule is CC1(C)CC(=O)c2c(nc3ccsc3c2N)C1. The summed E-state index contributed by atoms with van der Waals surface area (Å²) >= 11 is 1.55. The highest BCUT2D eigenvalue weighted by Crippen LogP contribution is 2.39. The van der Waals surface area contributed by atoms with Gasteiger partial charge in [-0.05, 0) is 23.3 Å². The fourth-order valence-electron chi connectivity index (χ4n) is 2.54. The predicted molar refractivity (Wildman–Crippen MR) is 70.5 cm³/mol. The highest BCUT2D eigenvalue weighted by atomic mass is 32.1. The van der Waals surface area contributed by atoms with E-state index in [1.807, 2.05) is 11.4 Å². The summed E-state index contributed by atoms with van der Waals surface area (Å²) in [5.41, 5.74) is 9.18. The van der Waals surface area contributed by atoms with E-state index in [-0.39, 0.29) is 11.2 Å². The van der Waals surface area contributed by atoms with Crippen LogP contribution < -0.4 is 5.73 Å². The number of Topliss-reactive ketones (excluding diaryl/α,β-unsaturated/α-hetero) is 1. The second kappa shape index (κ2) is 3.29. The molecule has 88 valence electrons. The van der Waals surface area contributed by atoms with Gasteiger partial charge in [0.15, 0.2) is 5.78 Å². The molecule has 2 N–H and O–H groups in total. The summed E-state index contributed by atoms with van der Waals surface area (Å²) in [6, 6.07) is 1.96. The monoisotopic (exact) mass is 246 g/mol. The Morgan fingerprint density at radius 1 is 1.41 bits per heavy atom. The largest absolute Gasteiger partial charge is 0.397 e. The average Bonchev–Trinajstić information content (AvgIpc) is 2.62. The van der Waals surface area contributed by atoms with Gasteiger partial charge in [-0.3, -0.25) is 9.78 Å². The first-order valence-corrected chi connectivity index (χ1v) is 6.55. The van der Waals surface area contributed by atoms with Gasteiger partial charge in [0.1, 0.15) is 0 Å². The van der Waals surface area contributed by atoms with Crippen LogP contribution in [0.3, 0.4) is 0 Å². The van der Waals surface area contributed by atoms with Gasteiger partial charge in [-0.2, -0.15) is 0 Å². The number of nitrogens with zero attached hydrogens (tertiary/aromatic N) is 1. The Morgan fingerprint density at radius 2 is 2.18 bits per heavy atom. The number of pyridine rings is 1. The molecule has 0 radical (unpaired) electrons. The Bertz CT molecular complexity index is 628. The molecule has 0 saturated heterocycles. The highest BCUT2D eigenvalue weighted by Gasteiger charge is 2.34. The van der Waals surface area contributed by atoms with E-state index in [1.165, 1.54) is 0 Å². The Hall–Kier alpha value is -1.42. The molecule has 0 atom stereocenters. The van der Waals surface area contributed by atoms with Crippen molar-refractivity contribution in [2.75, 3.05) is 5.73 Å². The number of anilines is 1. The van der Waals surface area contributed by atoms with Crippen LogP contribution in [0.4, 0.5) is 5.69 Å². The molecule has 2 aromatic rings. The molecule has 0 amide bonds. The Kier molecular flexibility index (Phi) is 2.08. The summed E-state index contributed by atoms with van der Waals surface area (Å²) in [5, 5.41) is 1.97. The topological polar surface area (TPSA) is 56.0 Å². The van der Waals surface area contributed by atoms with Crippen LogP contribution in [0, 0.1) is 5.41 Å². The van der Waals surface area contributed by atoms with Gasteiger partial charge < -0.3 is 5.73 Å². The molecule has 17 heavy (non-hydrogen) atoms. The van der Waals surface area contributed by atoms with Gasteiger partial charge in [-0.1, -0.05) is 13.8 Å². The molecule has 0 spiro atoms. The van der Waals surface area contributed by atoms with E-state index in [4.69, 9.17) is 5.73 Å². The van der Waals surface area contributed by atoms with Crippen molar-refractivity contribution in [3.63, 3.8) is 0 Å². The number of nitrogen functional groups attached to an aromatic ring is 1. The second-order valence-corrected chi connectivity index (χ2v) is 6.34. The first kappa shape index (κ1) is 10.7. The molecule has 4 heteroatoms. The highest BCUT2D eigenvalue weighted by molar-refractivity contribution is 7.17. The summed E-state index contributed by atoms with van der Waals surface area (Å²) in [6.07, 6.45) is 1.38. The zero-order valence-electron chi connectivity index (χ0n) is 9.91. The lowest BCUT2D eigenvalue weighted by Crippen LogP contribution is -2.28. The van der Waals surface area contributed by atoms with Crippen LogP contribution in [-0.4, -0.2) is 10.8 Å². The number of carbonyl (C=O) groups is 1. The number of aromatic nitrogens is 1. The Labute approximate surface area is 104 Å². The first-order chi connectivity index (χ1) is 7.98. The number of fused-ring (bicyclic) bond motifs is 2. The maximum Gasteiger partial charge on any atom is 0.167 e. The maximum absolute atomic E-state index is 12.2. The molecule has 3 rings (SSSR count). The summed E-state index contributed by atoms with van der Waals surface area (Å²) in [4.78, 5) is 16.8. The number of hydrogen-bond donors (Lipinski definition) is 1. The third-order valence-corrected chi connectivity index (χ3v) is 4.20. The molecular weight excluding hydrogens is 232 g/mol. The van der Waals surface area contributed by atoms with Crippen molar-refractivity contribution in [3.05, 3.63) is 22.7 Å². The van der Waals surface area contributed by atoms with Gasteiger partial charge in [0, 0.05) is 6.42 Å². The van der Waals surface area contributed by atoms with Crippen molar-refractivity contribution in [1.29, 1.82) is 0 Å². The zero-order valence-corrected chi connectivity index (χ0v) is 10.7. The van der Waals surface area contributed by atoms with Crippen molar-refractivity contribution in [1.82, 2.24) is 4.98 Å². The summed E-state index contributed by atoms with van der Waals surface area (Å²) in [6.45, 7) is 4.20. The fraction of sp³-hybridized carbons (Fsp3) is 0.385. The summed E-state index contributed by atoms with van der Waals surface area (Å²) < 4.78 is 0.941. The lowest BCUT2D eigenvalue weighted by Gasteiger charge is -2.30. The number of hydrogen-bond acceptors (Lipinski definition) is 4. The predicted octanol–water partition coefficient (Wildman–Crippen LogP) is 3.03. The van der Waals surface area contributed by atoms with Gasteiger partial charge in [0.05, 0.1) is 27.2 Å². The van der Waals surface area contributed by atoms with Crippen molar-refractivity contribution >= 4 is 33.0 Å². The Morgan fingerprint density at radius 3 is 2.94 bits per heavy atom. The number of thiophene rings is 1. The quantitative estimate of drug-likeness (QED) is 0.777. The van der Waals surface area contributed by atoms with E-state index >= 15 is 0 Å². The average molecular weight is 246 g/mol. The molecular formula is C13H14N2OS. The van der Waals surface area contributed by atoms with Crippen LogP contribution >= 0.6 is 11.3 Å². The van der Waals surface area contributed by atoms with Gasteiger partial charge in [0.2, 0.25) is 0 Å². The third-order valence-electron chi connectivity index (χ3n) is 3.27. The number of ketones is 1. The van der Waals surface area contributed by atoms with E-state index in [0.29, 0.717) is 17.7 Å². The number of rotatable bonds is 0. The van der Waals surface area contributed by atoms with E-state index in [1.54, 1.807) is 11.3 Å². The maximum atomic E-state index is 12.2. The van der Waals surface area contributed by atoms with Crippen LogP contribution in [0.15, 0.2) is 11.4 Å². The lowest BCUT2D eigenvalue weighted by atomic mass is 9.75. The zero-order chi connectivity index (χ0) is 12.2. The van der Waals surface area contributed by atoms with Crippen LogP contribution in [0.5, 0.6) is 0 Å². The smallest absolute Gasteiger partial charge is 0.167 e. The molecule has 0 unspecified atom stereocenters. The van der Waals surface area contributed by atoms with Crippen molar-refractivity contribution in [2.24, 2.45) is 5.41 Å². The van der Waals surface area contributed by atoms with E-state index in [9.17, 15) is 4.79 Å². The van der Waals surface area contributed by atoms with Gasteiger partial charge in [-0.25, -0.2) is 0 Å². The standard InChI is InChI=1S/C13H14N2OS/c1-13(2)5-8-10(9(16)6-13)11(14)12-7(15-8)3-4-17-12/h3-4H,5-6H2,1-2H3,(H2,14,15). The van der Waals surface area contributed by atoms with Crippen LogP contribution in [0.1, 0.15) is 36.3 Å². The molecule has 0 fully saturated rings. The molecule has 0 bridgehead atoms. The minimum absolute atomic E-state index is 0.00672. The molecule has 3 nitrogen and oxygen atoms in total. The van der Waals surface area contributed by atoms with Crippen LogP contribution in [0.25, 0.3) is 10.2 Å². The molecule has 1 aliphatic carbocycles. The second-order valence-electron chi connectivity index (χ2n) is 5.42. The summed E-state index contributed by atoms with van der Waals surface area (Å²) in [5.74, 6) is 0.136. The minimum atomic E-state index is -0.00672. The van der Waals surface area contributed by atoms with E-state index in [2.05, 4.69) is 18.8 Å². The summed E-state index contributed by atoms with van der Waals surface area (Å²) in [7, 11) is 0. The van der Waals surface area contributed by atoms with Crippen molar-refractivity contribution in [2.45, 2.75) is 26.7 Å². The molecule has 1 aliphatic rings. The molecule has 2 heterocycles. The molecule has 0 aromatic carbocycles. The fourth-order valence-corrected chi connectivity index (χ4v) is 3.34. The van der Waals surface area contributed by atoms with Gasteiger partial charge >= 0.3 is 0 Å². The van der Waals surface area contributed by atoms with Crippen LogP contribution in [0.2, 0.25) is 0 Å². The number of nitrogens with two attached hydrogens (primary N) is 1. The molecule has 0 aliphatic heterocycles. The van der Waals surface area contributed by atoms with Crippen LogP contribution in [-0.2, 0) is 6.42 Å². The van der Waals surface area contributed by atoms with E-state index < -0.39 is 0 Å². The Balaban J connectivity index is 2.32. The van der Waals surface area contributed by atoms with Gasteiger partial charge in [0.25, 0.3) is 0 Å². The minimum Gasteiger partial charge on any atom is -0.397 e. The van der Waals surface area contributed by atoms with Crippen molar-refractivity contribution in [3.8, 4) is 0 Å². The lowest BCUT2D eigenvalue weighted by molar-refractivity contribution is 0.0912. The normalized spacial score (nSPS) is 18.4. The molecule has 0 saturated carbocycles. The molecule has 2 aromatic heterocycles. The first-order valence-electron chi connectivity index (χ1n) is 5.67. The van der Waals surface area contributed by atoms with Crippen molar-refractivity contribution < 1.29 is 4.79 Å². The third kappa shape index (κ3) is 1.55.